The minimum Gasteiger partial charge on any atom is -0.311 e. The summed E-state index contributed by atoms with van der Waals surface area (Å²) in [6.07, 6.45) is 0. The number of fused-ring (bicyclic) bond motifs is 4. The Kier molecular flexibility index (Phi) is 11.0. The van der Waals surface area contributed by atoms with Crippen molar-refractivity contribution >= 4 is 57.2 Å². The number of benzene rings is 7. The molecule has 0 saturated heterocycles. The summed E-state index contributed by atoms with van der Waals surface area (Å²) in [4.78, 5) is 5.29. The van der Waals surface area contributed by atoms with E-state index in [1.807, 2.05) is 0 Å². The van der Waals surface area contributed by atoms with Gasteiger partial charge in [0, 0.05) is 33.9 Å². The molecular weight excluding hydrogens is 808 g/mol. The summed E-state index contributed by atoms with van der Waals surface area (Å²) in [5.41, 5.74) is 25.5. The lowest BCUT2D eigenvalue weighted by Gasteiger charge is -2.47. The second-order valence-electron chi connectivity index (χ2n) is 25.0. The van der Waals surface area contributed by atoms with Crippen LogP contribution in [0.1, 0.15) is 143 Å². The number of hydrogen-bond donors (Lipinski definition) is 0. The zero-order valence-electron chi connectivity index (χ0n) is 43.7. The average Bonchev–Trinajstić information content (AvgIpc) is 3.24. The van der Waals surface area contributed by atoms with Crippen molar-refractivity contribution in [3.63, 3.8) is 0 Å². The normalized spacial score (nSPS) is 14.0. The van der Waals surface area contributed by atoms with Gasteiger partial charge in [0.15, 0.2) is 0 Å². The van der Waals surface area contributed by atoms with Gasteiger partial charge in [-0.1, -0.05) is 206 Å². The summed E-state index contributed by atoms with van der Waals surface area (Å²) in [5, 5.41) is 0. The molecule has 67 heavy (non-hydrogen) atoms. The van der Waals surface area contributed by atoms with E-state index in [2.05, 4.69) is 261 Å². The summed E-state index contributed by atoms with van der Waals surface area (Å²) >= 11 is 0. The summed E-state index contributed by atoms with van der Waals surface area (Å²) in [6.45, 7) is 39.5. The number of rotatable bonds is 4. The van der Waals surface area contributed by atoms with Crippen LogP contribution in [0, 0.1) is 13.8 Å². The maximum absolute atomic E-state index is 2.67. The molecule has 0 amide bonds. The van der Waals surface area contributed by atoms with Crippen LogP contribution < -0.4 is 26.2 Å². The molecule has 7 aromatic rings. The Morgan fingerprint density at radius 3 is 1.09 bits per heavy atom. The highest BCUT2D eigenvalue weighted by atomic mass is 15.2. The maximum atomic E-state index is 2.67. The van der Waals surface area contributed by atoms with Gasteiger partial charge >= 0.3 is 0 Å². The van der Waals surface area contributed by atoms with Crippen molar-refractivity contribution in [3.05, 3.63) is 172 Å². The molecule has 2 aliphatic rings. The summed E-state index contributed by atoms with van der Waals surface area (Å²) in [5.74, 6) is 0. The standard InChI is InChI=1S/C64H73BN2/c1-40-18-31-53(48(36-40)42-20-24-44(25-21-42)60(3,4)5)66-55-33-28-46(62(9,10)11)38-51(55)65-52-39-47(63(12,13)14)29-34-56(52)67(59-50(64(15,16)17)30-35-57(66)58(59)65)54-32-19-41(2)37-49(54)43-22-26-45(27-23-43)61(6,7)8/h18-39H,1-17H3. The third-order valence-corrected chi connectivity index (χ3v) is 14.6. The number of hydrogen-bond acceptors (Lipinski definition) is 2. The molecule has 7 aromatic carbocycles. The monoisotopic (exact) mass is 881 g/mol. The van der Waals surface area contributed by atoms with Crippen LogP contribution in [0.15, 0.2) is 133 Å². The van der Waals surface area contributed by atoms with E-state index in [9.17, 15) is 0 Å². The van der Waals surface area contributed by atoms with Crippen LogP contribution in [0.5, 0.6) is 0 Å². The van der Waals surface area contributed by atoms with E-state index < -0.39 is 0 Å². The Bertz CT molecular complexity index is 3020. The van der Waals surface area contributed by atoms with Gasteiger partial charge < -0.3 is 9.80 Å². The van der Waals surface area contributed by atoms with Crippen LogP contribution in [-0.4, -0.2) is 6.71 Å². The molecule has 0 unspecified atom stereocenters. The molecule has 2 nitrogen and oxygen atoms in total. The molecule has 2 heterocycles. The molecule has 0 aromatic heterocycles. The van der Waals surface area contributed by atoms with E-state index in [1.54, 1.807) is 0 Å². The van der Waals surface area contributed by atoms with Crippen LogP contribution in [0.3, 0.4) is 0 Å². The molecular formula is C64H73BN2. The molecule has 9 rings (SSSR count). The fraction of sp³-hybridized carbons (Fsp3) is 0.344. The van der Waals surface area contributed by atoms with Crippen molar-refractivity contribution in [2.45, 2.75) is 145 Å². The van der Waals surface area contributed by atoms with Crippen molar-refractivity contribution in [1.82, 2.24) is 0 Å². The Balaban J connectivity index is 1.42. The van der Waals surface area contributed by atoms with Crippen LogP contribution in [-0.2, 0) is 27.1 Å². The number of nitrogens with zero attached hydrogens (tertiary/aromatic N) is 2. The predicted molar refractivity (Wildman–Crippen MR) is 294 cm³/mol. The fourth-order valence-corrected chi connectivity index (χ4v) is 10.5. The molecule has 0 radical (unpaired) electrons. The Morgan fingerprint density at radius 1 is 0.328 bits per heavy atom. The van der Waals surface area contributed by atoms with Gasteiger partial charge in [-0.3, -0.25) is 0 Å². The van der Waals surface area contributed by atoms with E-state index in [0.29, 0.717) is 0 Å². The highest BCUT2D eigenvalue weighted by Crippen LogP contribution is 2.51. The molecule has 0 aliphatic carbocycles. The lowest BCUT2D eigenvalue weighted by Crippen LogP contribution is -2.62. The SMILES string of the molecule is Cc1ccc(N2c3ccc(C(C)(C)C)cc3B3c4cc(C(C)(C)C)ccc4N(c4ccc(C)cc4-c4ccc(C(C)(C)C)cc4)c4c(C(C)(C)C)ccc2c43)c(-c2ccc(C(C)(C)C)cc2)c1. The van der Waals surface area contributed by atoms with Crippen molar-refractivity contribution in [2.24, 2.45) is 0 Å². The lowest BCUT2D eigenvalue weighted by atomic mass is 9.33. The van der Waals surface area contributed by atoms with Gasteiger partial charge in [0.05, 0.1) is 11.4 Å². The molecule has 0 N–H and O–H groups in total. The largest absolute Gasteiger partial charge is 0.311 e. The molecule has 342 valence electrons. The molecule has 0 saturated carbocycles. The average molecular weight is 881 g/mol. The lowest BCUT2D eigenvalue weighted by molar-refractivity contribution is 0.590. The first kappa shape index (κ1) is 46.3. The summed E-state index contributed by atoms with van der Waals surface area (Å²) < 4.78 is 0. The number of anilines is 6. The quantitative estimate of drug-likeness (QED) is 0.163. The molecule has 2 aliphatic heterocycles. The third-order valence-electron chi connectivity index (χ3n) is 14.6. The van der Waals surface area contributed by atoms with Crippen LogP contribution in [0.4, 0.5) is 34.1 Å². The van der Waals surface area contributed by atoms with E-state index in [1.165, 1.54) is 112 Å². The fourth-order valence-electron chi connectivity index (χ4n) is 10.5. The zero-order valence-corrected chi connectivity index (χ0v) is 43.7. The van der Waals surface area contributed by atoms with Gasteiger partial charge in [-0.2, -0.15) is 0 Å². The van der Waals surface area contributed by atoms with Crippen molar-refractivity contribution < 1.29 is 0 Å². The molecule has 0 fully saturated rings. The second kappa shape index (κ2) is 15.9. The Labute approximate surface area is 404 Å². The van der Waals surface area contributed by atoms with Crippen LogP contribution >= 0.6 is 0 Å². The third kappa shape index (κ3) is 8.25. The van der Waals surface area contributed by atoms with Crippen molar-refractivity contribution in [2.75, 3.05) is 9.80 Å². The predicted octanol–water partition coefficient (Wildman–Crippen LogP) is 16.2. The van der Waals surface area contributed by atoms with E-state index in [4.69, 9.17) is 0 Å². The van der Waals surface area contributed by atoms with Crippen LogP contribution in [0.2, 0.25) is 0 Å². The van der Waals surface area contributed by atoms with E-state index >= 15 is 0 Å². The minimum atomic E-state index is -0.169. The molecule has 0 spiro atoms. The summed E-state index contributed by atoms with van der Waals surface area (Å²) in [7, 11) is 0. The zero-order chi connectivity index (χ0) is 48.3. The first-order valence-electron chi connectivity index (χ1n) is 24.7. The molecule has 0 atom stereocenters. The maximum Gasteiger partial charge on any atom is 0.252 e. The highest BCUT2D eigenvalue weighted by molar-refractivity contribution is 7.00. The van der Waals surface area contributed by atoms with E-state index in [-0.39, 0.29) is 33.8 Å². The van der Waals surface area contributed by atoms with E-state index in [0.717, 1.165) is 0 Å². The minimum absolute atomic E-state index is 0.00525. The van der Waals surface area contributed by atoms with Crippen LogP contribution in [0.25, 0.3) is 22.3 Å². The van der Waals surface area contributed by atoms with Gasteiger partial charge in [0.2, 0.25) is 0 Å². The highest BCUT2D eigenvalue weighted by Gasteiger charge is 2.46. The Hall–Kier alpha value is -5.80. The van der Waals surface area contributed by atoms with Gasteiger partial charge in [0.1, 0.15) is 0 Å². The first-order valence-corrected chi connectivity index (χ1v) is 24.7. The number of aryl methyl sites for hydroxylation is 2. The van der Waals surface area contributed by atoms with Gasteiger partial charge in [-0.05, 0) is 139 Å². The van der Waals surface area contributed by atoms with Crippen molar-refractivity contribution in [1.29, 1.82) is 0 Å². The van der Waals surface area contributed by atoms with Gasteiger partial charge in [-0.15, -0.1) is 0 Å². The van der Waals surface area contributed by atoms with Crippen molar-refractivity contribution in [3.8, 4) is 22.3 Å². The molecule has 3 heteroatoms. The summed E-state index contributed by atoms with van der Waals surface area (Å²) in [6, 6.07) is 52.6. The van der Waals surface area contributed by atoms with Gasteiger partial charge in [0.25, 0.3) is 6.71 Å². The second-order valence-corrected chi connectivity index (χ2v) is 25.0. The smallest absolute Gasteiger partial charge is 0.252 e. The molecule has 0 bridgehead atoms. The Morgan fingerprint density at radius 2 is 0.687 bits per heavy atom. The first-order chi connectivity index (χ1) is 31.2. The van der Waals surface area contributed by atoms with Gasteiger partial charge in [-0.25, -0.2) is 0 Å². The topological polar surface area (TPSA) is 6.48 Å².